The minimum absolute atomic E-state index is 0.0168. The van der Waals surface area contributed by atoms with Crippen LogP contribution in [-0.4, -0.2) is 31.9 Å². The predicted molar refractivity (Wildman–Crippen MR) is 167 cm³/mol. The molecule has 0 saturated heterocycles. The highest BCUT2D eigenvalue weighted by Gasteiger charge is 2.42. The maximum atomic E-state index is 11.1. The van der Waals surface area contributed by atoms with Crippen molar-refractivity contribution < 1.29 is 28.7 Å². The van der Waals surface area contributed by atoms with Gasteiger partial charge in [0.15, 0.2) is 0 Å². The van der Waals surface area contributed by atoms with Crippen LogP contribution in [0.25, 0.3) is 11.1 Å². The standard InChI is InChI=1S/C29H42Br2O6P2/c30-23-13-15-25-26-16-14-24(31)22-28(26)29(27(25)21-23,17-9-5-1-3-7-11-19-38(32,33)34)18-10-6-2-4-8-12-20-39(35,36)37/h13-16,21-22H,1-12,17-20H2,(H2,32,33,34)(H2,35,36,37). The molecule has 0 amide bonds. The topological polar surface area (TPSA) is 115 Å². The zero-order valence-electron chi connectivity index (χ0n) is 22.5. The summed E-state index contributed by atoms with van der Waals surface area (Å²) >= 11 is 7.43. The number of unbranched alkanes of at least 4 members (excludes halogenated alkanes) is 10. The molecule has 39 heavy (non-hydrogen) atoms. The molecule has 0 unspecified atom stereocenters. The number of rotatable bonds is 18. The Morgan fingerprint density at radius 3 is 1.23 bits per heavy atom. The lowest BCUT2D eigenvalue weighted by Gasteiger charge is -2.33. The number of fused-ring (bicyclic) bond motifs is 3. The summed E-state index contributed by atoms with van der Waals surface area (Å²) in [5.41, 5.74) is 5.37. The Labute approximate surface area is 250 Å². The van der Waals surface area contributed by atoms with Crippen molar-refractivity contribution in [1.29, 1.82) is 0 Å². The lowest BCUT2D eigenvalue weighted by atomic mass is 9.70. The Morgan fingerprint density at radius 1 is 0.538 bits per heavy atom. The molecule has 0 aromatic heterocycles. The summed E-state index contributed by atoms with van der Waals surface area (Å²) in [5.74, 6) is 0. The Morgan fingerprint density at radius 2 is 0.872 bits per heavy atom. The van der Waals surface area contributed by atoms with Crippen LogP contribution in [0.1, 0.15) is 101 Å². The maximum absolute atomic E-state index is 11.1. The smallest absolute Gasteiger partial charge is 0.324 e. The molecular weight excluding hydrogens is 666 g/mol. The lowest BCUT2D eigenvalue weighted by molar-refractivity contribution is 0.368. The molecule has 1 aliphatic rings. The van der Waals surface area contributed by atoms with Crippen molar-refractivity contribution in [2.24, 2.45) is 0 Å². The molecule has 2 aromatic rings. The summed E-state index contributed by atoms with van der Waals surface area (Å²) in [6.45, 7) is 0. The highest BCUT2D eigenvalue weighted by molar-refractivity contribution is 9.10. The van der Waals surface area contributed by atoms with Gasteiger partial charge in [-0.1, -0.05) is 108 Å². The maximum Gasteiger partial charge on any atom is 0.325 e. The first-order chi connectivity index (χ1) is 18.4. The first-order valence-electron chi connectivity index (χ1n) is 14.1. The zero-order valence-corrected chi connectivity index (χ0v) is 27.5. The fraction of sp³-hybridized carbons (Fsp3) is 0.586. The monoisotopic (exact) mass is 706 g/mol. The Kier molecular flexibility index (Phi) is 13.0. The number of benzene rings is 2. The first kappa shape index (κ1) is 33.2. The predicted octanol–water partition coefficient (Wildman–Crippen LogP) is 9.29. The van der Waals surface area contributed by atoms with Crippen molar-refractivity contribution >= 4 is 47.1 Å². The van der Waals surface area contributed by atoms with Gasteiger partial charge in [0.1, 0.15) is 0 Å². The molecule has 0 atom stereocenters. The van der Waals surface area contributed by atoms with Crippen molar-refractivity contribution in [3.63, 3.8) is 0 Å². The summed E-state index contributed by atoms with van der Waals surface area (Å²) in [4.78, 5) is 36.2. The summed E-state index contributed by atoms with van der Waals surface area (Å²) < 4.78 is 24.3. The molecule has 0 fully saturated rings. The Hall–Kier alpha value is -0.300. The number of hydrogen-bond donors (Lipinski definition) is 4. The van der Waals surface area contributed by atoms with E-state index in [1.165, 1.54) is 22.3 Å². The average molecular weight is 708 g/mol. The molecule has 0 saturated carbocycles. The summed E-state index contributed by atoms with van der Waals surface area (Å²) in [6.07, 6.45) is 13.5. The van der Waals surface area contributed by atoms with E-state index in [1.807, 2.05) is 0 Å². The number of hydrogen-bond acceptors (Lipinski definition) is 2. The second-order valence-corrected chi connectivity index (χ2v) is 16.4. The second kappa shape index (κ2) is 15.3. The van der Waals surface area contributed by atoms with Crippen LogP contribution in [0.5, 0.6) is 0 Å². The van der Waals surface area contributed by atoms with E-state index >= 15 is 0 Å². The van der Waals surface area contributed by atoms with Crippen LogP contribution in [0, 0.1) is 0 Å². The van der Waals surface area contributed by atoms with Gasteiger partial charge in [-0.3, -0.25) is 9.13 Å². The average Bonchev–Trinajstić information content (AvgIpc) is 3.09. The van der Waals surface area contributed by atoms with Crippen molar-refractivity contribution in [2.45, 2.75) is 95.3 Å². The SMILES string of the molecule is O=P(O)(O)CCCCCCCCC1(CCCCCCCCP(=O)(O)O)c2cc(Br)ccc2-c2ccc(Br)cc21. The molecule has 3 rings (SSSR count). The van der Waals surface area contributed by atoms with Gasteiger partial charge in [-0.15, -0.1) is 0 Å². The first-order valence-corrected chi connectivity index (χ1v) is 19.3. The number of halogens is 2. The van der Waals surface area contributed by atoms with E-state index in [9.17, 15) is 9.13 Å². The van der Waals surface area contributed by atoms with Crippen LogP contribution in [0.15, 0.2) is 45.3 Å². The highest BCUT2D eigenvalue weighted by atomic mass is 79.9. The van der Waals surface area contributed by atoms with E-state index in [0.29, 0.717) is 12.8 Å². The van der Waals surface area contributed by atoms with Gasteiger partial charge in [0.2, 0.25) is 0 Å². The van der Waals surface area contributed by atoms with Gasteiger partial charge in [-0.25, -0.2) is 0 Å². The fourth-order valence-electron chi connectivity index (χ4n) is 6.01. The van der Waals surface area contributed by atoms with Gasteiger partial charge in [-0.05, 0) is 72.2 Å². The normalized spacial score (nSPS) is 14.4. The molecule has 0 heterocycles. The summed E-state index contributed by atoms with van der Waals surface area (Å²) in [6, 6.07) is 13.3. The molecule has 0 aliphatic heterocycles. The molecule has 0 radical (unpaired) electrons. The molecule has 4 N–H and O–H groups in total. The molecule has 0 bridgehead atoms. The third-order valence-electron chi connectivity index (χ3n) is 7.89. The van der Waals surface area contributed by atoms with Gasteiger partial charge in [-0.2, -0.15) is 0 Å². The molecule has 0 spiro atoms. The molecular formula is C29H42Br2O6P2. The molecule has 2 aromatic carbocycles. The van der Waals surface area contributed by atoms with Crippen molar-refractivity contribution in [2.75, 3.05) is 12.3 Å². The molecule has 218 valence electrons. The summed E-state index contributed by atoms with van der Waals surface area (Å²) in [5, 5.41) is 0. The Balaban J connectivity index is 1.65. The Bertz CT molecular complexity index is 1080. The summed E-state index contributed by atoms with van der Waals surface area (Å²) in [7, 11) is -7.78. The quantitative estimate of drug-likeness (QED) is 0.0907. The van der Waals surface area contributed by atoms with Crippen LogP contribution in [0.3, 0.4) is 0 Å². The van der Waals surface area contributed by atoms with Crippen LogP contribution in [-0.2, 0) is 14.5 Å². The van der Waals surface area contributed by atoms with Gasteiger partial charge in [0.25, 0.3) is 0 Å². The third-order valence-corrected chi connectivity index (χ3v) is 10.7. The van der Waals surface area contributed by atoms with Crippen molar-refractivity contribution in [1.82, 2.24) is 0 Å². The van der Waals surface area contributed by atoms with Gasteiger partial charge >= 0.3 is 15.2 Å². The second-order valence-electron chi connectivity index (χ2n) is 11.0. The van der Waals surface area contributed by atoms with Gasteiger partial charge < -0.3 is 19.6 Å². The molecule has 1 aliphatic carbocycles. The minimum Gasteiger partial charge on any atom is -0.324 e. The van der Waals surface area contributed by atoms with Crippen LogP contribution < -0.4 is 0 Å². The van der Waals surface area contributed by atoms with Crippen molar-refractivity contribution in [3.05, 3.63) is 56.5 Å². The minimum atomic E-state index is -3.89. The largest absolute Gasteiger partial charge is 0.325 e. The van der Waals surface area contributed by atoms with E-state index in [0.717, 1.165) is 86.0 Å². The van der Waals surface area contributed by atoms with Gasteiger partial charge in [0, 0.05) is 26.7 Å². The van der Waals surface area contributed by atoms with E-state index in [4.69, 9.17) is 19.6 Å². The third kappa shape index (κ3) is 10.5. The van der Waals surface area contributed by atoms with Crippen LogP contribution >= 0.6 is 47.1 Å². The molecule has 6 nitrogen and oxygen atoms in total. The van der Waals surface area contributed by atoms with Crippen LogP contribution in [0.4, 0.5) is 0 Å². The highest BCUT2D eigenvalue weighted by Crippen LogP contribution is 2.55. The van der Waals surface area contributed by atoms with E-state index < -0.39 is 15.2 Å². The zero-order chi connectivity index (χ0) is 28.5. The van der Waals surface area contributed by atoms with Gasteiger partial charge in [0.05, 0.1) is 0 Å². The lowest BCUT2D eigenvalue weighted by Crippen LogP contribution is -2.25. The van der Waals surface area contributed by atoms with Crippen molar-refractivity contribution in [3.8, 4) is 11.1 Å². The van der Waals surface area contributed by atoms with Crippen LogP contribution in [0.2, 0.25) is 0 Å². The van der Waals surface area contributed by atoms with E-state index in [-0.39, 0.29) is 17.7 Å². The van der Waals surface area contributed by atoms with E-state index in [2.05, 4.69) is 68.3 Å². The van der Waals surface area contributed by atoms with E-state index in [1.54, 1.807) is 0 Å². The fourth-order valence-corrected chi connectivity index (χ4v) is 8.00. The molecule has 10 heteroatoms.